The molecule has 5 nitrogen and oxygen atoms in total. The number of ether oxygens (including phenoxy) is 1. The summed E-state index contributed by atoms with van der Waals surface area (Å²) >= 11 is 0. The van der Waals surface area contributed by atoms with Crippen LogP contribution in [0.25, 0.3) is 0 Å². The standard InChI is InChI=1S/C18H22O5S.K/c1-2-3-4-5-7-14-12-17(10-11-18(14)24(20,21)22)23-16-9-6-8-15(19)13-16;/h6,8-13,19H,2-5,7H2,1H3,(H,20,21,22);/q;+1/p-1. The number of hydrogen-bond donors (Lipinski definition) is 1. The fraction of sp³-hybridized carbons (Fsp3) is 0.333. The van der Waals surface area contributed by atoms with Crippen molar-refractivity contribution < 1.29 is 74.2 Å². The van der Waals surface area contributed by atoms with E-state index in [4.69, 9.17) is 4.74 Å². The van der Waals surface area contributed by atoms with E-state index in [9.17, 15) is 18.1 Å². The molecule has 0 radical (unpaired) electrons. The predicted molar refractivity (Wildman–Crippen MR) is 90.1 cm³/mol. The van der Waals surface area contributed by atoms with Crippen LogP contribution in [0.3, 0.4) is 0 Å². The van der Waals surface area contributed by atoms with E-state index in [2.05, 4.69) is 6.92 Å². The molecule has 0 saturated heterocycles. The van der Waals surface area contributed by atoms with E-state index >= 15 is 0 Å². The van der Waals surface area contributed by atoms with E-state index < -0.39 is 10.1 Å². The van der Waals surface area contributed by atoms with Gasteiger partial charge in [0.05, 0.1) is 4.90 Å². The van der Waals surface area contributed by atoms with E-state index in [-0.39, 0.29) is 62.0 Å². The zero-order valence-corrected chi connectivity index (χ0v) is 18.5. The zero-order chi connectivity index (χ0) is 17.6. The molecule has 25 heavy (non-hydrogen) atoms. The Kier molecular flexibility index (Phi) is 9.65. The van der Waals surface area contributed by atoms with Gasteiger partial charge in [-0.2, -0.15) is 8.42 Å². The largest absolute Gasteiger partial charge is 1.00 e. The van der Waals surface area contributed by atoms with Gasteiger partial charge in [-0.05, 0) is 48.7 Å². The van der Waals surface area contributed by atoms with E-state index in [0.717, 1.165) is 25.7 Å². The normalized spacial score (nSPS) is 11.0. The Morgan fingerprint density at radius 3 is 2.40 bits per heavy atom. The van der Waals surface area contributed by atoms with Crippen LogP contribution in [0.1, 0.15) is 38.2 Å². The van der Waals surface area contributed by atoms with Gasteiger partial charge in [-0.3, -0.25) is 4.55 Å². The minimum Gasteiger partial charge on any atom is -0.872 e. The monoisotopic (exact) mass is 388 g/mol. The second kappa shape index (κ2) is 10.7. The van der Waals surface area contributed by atoms with Crippen molar-refractivity contribution in [3.05, 3.63) is 48.0 Å². The molecule has 2 aromatic rings. The summed E-state index contributed by atoms with van der Waals surface area (Å²) in [7, 11) is -4.28. The second-order valence-corrected chi connectivity index (χ2v) is 7.02. The summed E-state index contributed by atoms with van der Waals surface area (Å²) in [5.41, 5.74) is 0.518. The molecular weight excluding hydrogens is 367 g/mol. The Bertz CT molecular complexity index is 790. The van der Waals surface area contributed by atoms with Gasteiger partial charge in [0.25, 0.3) is 10.1 Å². The predicted octanol–water partition coefficient (Wildman–Crippen LogP) is 0.926. The van der Waals surface area contributed by atoms with Crippen molar-refractivity contribution in [1.29, 1.82) is 0 Å². The summed E-state index contributed by atoms with van der Waals surface area (Å²) < 4.78 is 38.1. The average Bonchev–Trinajstić information content (AvgIpc) is 2.51. The quantitative estimate of drug-likeness (QED) is 0.413. The Morgan fingerprint density at radius 1 is 1.04 bits per heavy atom. The van der Waals surface area contributed by atoms with Crippen molar-refractivity contribution in [3.63, 3.8) is 0 Å². The van der Waals surface area contributed by atoms with Gasteiger partial charge in [0.2, 0.25) is 0 Å². The second-order valence-electron chi connectivity index (χ2n) is 5.63. The fourth-order valence-electron chi connectivity index (χ4n) is 2.48. The Morgan fingerprint density at radius 2 is 1.76 bits per heavy atom. The molecule has 0 saturated carbocycles. The maximum Gasteiger partial charge on any atom is 1.00 e. The molecule has 2 rings (SSSR count). The molecule has 0 atom stereocenters. The molecule has 0 aromatic heterocycles. The smallest absolute Gasteiger partial charge is 0.872 e. The molecule has 0 fully saturated rings. The first kappa shape index (κ1) is 22.6. The van der Waals surface area contributed by atoms with Gasteiger partial charge < -0.3 is 9.84 Å². The number of unbranched alkanes of at least 4 members (excludes halogenated alkanes) is 3. The van der Waals surface area contributed by atoms with Gasteiger partial charge in [-0.1, -0.05) is 38.3 Å². The first-order chi connectivity index (χ1) is 11.4. The Labute approximate surface area is 191 Å². The molecular formula is C18H21KO5S. The first-order valence-electron chi connectivity index (χ1n) is 7.95. The van der Waals surface area contributed by atoms with Crippen LogP contribution in [-0.2, 0) is 16.5 Å². The Balaban J connectivity index is 0.00000312. The van der Waals surface area contributed by atoms with Gasteiger partial charge >= 0.3 is 51.4 Å². The van der Waals surface area contributed by atoms with Crippen LogP contribution in [0.5, 0.6) is 17.2 Å². The van der Waals surface area contributed by atoms with Crippen LogP contribution in [-0.4, -0.2) is 13.0 Å². The van der Waals surface area contributed by atoms with Crippen molar-refractivity contribution in [2.45, 2.75) is 43.9 Å². The topological polar surface area (TPSA) is 86.7 Å². The van der Waals surface area contributed by atoms with Crippen LogP contribution in [0, 0.1) is 0 Å². The van der Waals surface area contributed by atoms with Crippen molar-refractivity contribution in [1.82, 2.24) is 0 Å². The summed E-state index contributed by atoms with van der Waals surface area (Å²) in [6, 6.07) is 10.4. The number of rotatable bonds is 8. The fourth-order valence-corrected chi connectivity index (χ4v) is 3.21. The molecule has 7 heteroatoms. The van der Waals surface area contributed by atoms with E-state index in [0.29, 0.717) is 23.5 Å². The van der Waals surface area contributed by atoms with Crippen molar-refractivity contribution in [3.8, 4) is 17.2 Å². The molecule has 1 N–H and O–H groups in total. The van der Waals surface area contributed by atoms with Crippen molar-refractivity contribution in [2.24, 2.45) is 0 Å². The van der Waals surface area contributed by atoms with E-state index in [1.165, 1.54) is 24.3 Å². The summed E-state index contributed by atoms with van der Waals surface area (Å²) in [5.74, 6) is 0.652. The van der Waals surface area contributed by atoms with Crippen LogP contribution in [0.15, 0.2) is 47.4 Å². The van der Waals surface area contributed by atoms with E-state index in [1.54, 1.807) is 18.2 Å². The summed E-state index contributed by atoms with van der Waals surface area (Å²) in [6.45, 7) is 2.10. The minimum atomic E-state index is -4.28. The third-order valence-electron chi connectivity index (χ3n) is 3.65. The minimum absolute atomic E-state index is 0. The average molecular weight is 389 g/mol. The molecule has 0 unspecified atom stereocenters. The van der Waals surface area contributed by atoms with Gasteiger partial charge in [-0.15, -0.1) is 5.75 Å². The Hall–Kier alpha value is -0.414. The maximum absolute atomic E-state index is 11.5. The van der Waals surface area contributed by atoms with E-state index in [1.807, 2.05) is 0 Å². The summed E-state index contributed by atoms with van der Waals surface area (Å²) in [5, 5.41) is 11.3. The van der Waals surface area contributed by atoms with Crippen molar-refractivity contribution >= 4 is 10.1 Å². The molecule has 0 aliphatic carbocycles. The third kappa shape index (κ3) is 7.38. The SMILES string of the molecule is CCCCCCc1cc(Oc2cccc([O-])c2)ccc1S(=O)(=O)O.[K+]. The number of benzene rings is 2. The molecule has 0 aliphatic heterocycles. The molecule has 130 valence electrons. The van der Waals surface area contributed by atoms with Gasteiger partial charge in [0.1, 0.15) is 11.5 Å². The molecule has 0 spiro atoms. The molecule has 0 aliphatic rings. The van der Waals surface area contributed by atoms with Gasteiger partial charge in [0.15, 0.2) is 0 Å². The number of hydrogen-bond acceptors (Lipinski definition) is 4. The maximum atomic E-state index is 11.5. The molecule has 0 bridgehead atoms. The number of aryl methyl sites for hydroxylation is 1. The molecule has 0 amide bonds. The van der Waals surface area contributed by atoms with Gasteiger partial charge in [0, 0.05) is 0 Å². The van der Waals surface area contributed by atoms with Crippen LogP contribution >= 0.6 is 0 Å². The molecule has 0 heterocycles. The first-order valence-corrected chi connectivity index (χ1v) is 9.39. The third-order valence-corrected chi connectivity index (χ3v) is 4.60. The summed E-state index contributed by atoms with van der Waals surface area (Å²) in [4.78, 5) is -0.0936. The van der Waals surface area contributed by atoms with Crippen LogP contribution in [0.2, 0.25) is 0 Å². The van der Waals surface area contributed by atoms with Gasteiger partial charge in [-0.25, -0.2) is 0 Å². The zero-order valence-electron chi connectivity index (χ0n) is 14.6. The molecule has 2 aromatic carbocycles. The van der Waals surface area contributed by atoms with Crippen LogP contribution in [0.4, 0.5) is 0 Å². The summed E-state index contributed by atoms with van der Waals surface area (Å²) in [6.07, 6.45) is 4.52. The van der Waals surface area contributed by atoms with Crippen molar-refractivity contribution in [2.75, 3.05) is 0 Å². The van der Waals surface area contributed by atoms with Crippen LogP contribution < -0.4 is 61.2 Å².